The number of carbonyl (C=O) groups excluding carboxylic acids is 1. The van der Waals surface area contributed by atoms with Gasteiger partial charge in [-0.3, -0.25) is 0 Å². The molecule has 0 amide bonds. The van der Waals surface area contributed by atoms with Gasteiger partial charge in [-0.05, 0) is 41.6 Å². The van der Waals surface area contributed by atoms with E-state index in [2.05, 4.69) is 88.0 Å². The zero-order valence-corrected chi connectivity index (χ0v) is 19.2. The largest absolute Gasteiger partial charge is 0.462 e. The van der Waals surface area contributed by atoms with Gasteiger partial charge in [0.1, 0.15) is 0 Å². The third-order valence-corrected chi connectivity index (χ3v) is 10.1. The van der Waals surface area contributed by atoms with Crippen LogP contribution < -0.4 is 10.4 Å². The summed E-state index contributed by atoms with van der Waals surface area (Å²) in [5.41, 5.74) is 0.444. The lowest BCUT2D eigenvalue weighted by molar-refractivity contribution is -0.139. The van der Waals surface area contributed by atoms with Crippen molar-refractivity contribution in [3.8, 4) is 0 Å². The fourth-order valence-corrected chi connectivity index (χ4v) is 8.26. The smallest absolute Gasteiger partial charge is 0.333 e. The van der Waals surface area contributed by atoms with E-state index >= 15 is 0 Å². The minimum Gasteiger partial charge on any atom is -0.462 e. The van der Waals surface area contributed by atoms with Gasteiger partial charge >= 0.3 is 5.97 Å². The summed E-state index contributed by atoms with van der Waals surface area (Å²) >= 11 is 0. The third kappa shape index (κ3) is 5.91. The van der Waals surface area contributed by atoms with Crippen LogP contribution in [0.3, 0.4) is 0 Å². The van der Waals surface area contributed by atoms with Crippen molar-refractivity contribution in [3.63, 3.8) is 0 Å². The van der Waals surface area contributed by atoms with Crippen molar-refractivity contribution >= 4 is 24.7 Å². The van der Waals surface area contributed by atoms with E-state index in [0.29, 0.717) is 18.8 Å². The van der Waals surface area contributed by atoms with Gasteiger partial charge < -0.3 is 9.16 Å². The van der Waals surface area contributed by atoms with Gasteiger partial charge in [0.25, 0.3) is 8.32 Å². The Morgan fingerprint density at radius 3 is 1.79 bits per heavy atom. The predicted molar refractivity (Wildman–Crippen MR) is 123 cm³/mol. The van der Waals surface area contributed by atoms with Crippen molar-refractivity contribution in [2.24, 2.45) is 0 Å². The highest BCUT2D eigenvalue weighted by Gasteiger charge is 2.49. The van der Waals surface area contributed by atoms with Crippen molar-refractivity contribution in [2.75, 3.05) is 13.2 Å². The molecule has 0 N–H and O–H groups in total. The minimum absolute atomic E-state index is 0.00722. The summed E-state index contributed by atoms with van der Waals surface area (Å²) in [4.78, 5) is 11.4. The molecule has 4 heteroatoms. The minimum atomic E-state index is -2.45. The van der Waals surface area contributed by atoms with Gasteiger partial charge in [0.15, 0.2) is 0 Å². The number of unbranched alkanes of at least 4 members (excludes halogenated alkanes) is 2. The molecule has 3 nitrogen and oxygen atoms in total. The van der Waals surface area contributed by atoms with Crippen LogP contribution >= 0.6 is 0 Å². The van der Waals surface area contributed by atoms with E-state index in [1.54, 1.807) is 6.92 Å². The lowest BCUT2D eigenvalue weighted by Crippen LogP contribution is -2.66. The van der Waals surface area contributed by atoms with E-state index in [-0.39, 0.29) is 11.0 Å². The van der Waals surface area contributed by atoms with Crippen molar-refractivity contribution in [3.05, 3.63) is 72.8 Å². The number of benzene rings is 2. The summed E-state index contributed by atoms with van der Waals surface area (Å²) < 4.78 is 12.0. The predicted octanol–water partition coefficient (Wildman–Crippen LogP) is 4.85. The zero-order valence-electron chi connectivity index (χ0n) is 18.2. The van der Waals surface area contributed by atoms with Gasteiger partial charge in [0.2, 0.25) is 0 Å². The molecule has 0 heterocycles. The number of hydrogen-bond donors (Lipinski definition) is 0. The summed E-state index contributed by atoms with van der Waals surface area (Å²) in [5.74, 6) is -0.312. The zero-order chi connectivity index (χ0) is 21.3. The van der Waals surface area contributed by atoms with Crippen LogP contribution in [0.5, 0.6) is 0 Å². The average molecular weight is 411 g/mol. The van der Waals surface area contributed by atoms with Crippen molar-refractivity contribution in [1.82, 2.24) is 0 Å². The summed E-state index contributed by atoms with van der Waals surface area (Å²) in [7, 11) is -2.45. The maximum absolute atomic E-state index is 11.4. The first-order chi connectivity index (χ1) is 13.8. The molecule has 0 aliphatic heterocycles. The molecule has 0 unspecified atom stereocenters. The first-order valence-electron chi connectivity index (χ1n) is 10.4. The second-order valence-electron chi connectivity index (χ2n) is 8.49. The molecule has 2 aromatic carbocycles. The van der Waals surface area contributed by atoms with Gasteiger partial charge in [0, 0.05) is 12.2 Å². The Balaban J connectivity index is 2.09. The van der Waals surface area contributed by atoms with Crippen LogP contribution in [0.1, 0.15) is 47.0 Å². The van der Waals surface area contributed by atoms with Gasteiger partial charge in [-0.2, -0.15) is 0 Å². The molecule has 29 heavy (non-hydrogen) atoms. The molecule has 0 fully saturated rings. The first-order valence-corrected chi connectivity index (χ1v) is 12.3. The van der Waals surface area contributed by atoms with Crippen LogP contribution in [0, 0.1) is 0 Å². The molecule has 0 saturated heterocycles. The van der Waals surface area contributed by atoms with Gasteiger partial charge in [-0.15, -0.1) is 0 Å². The molecule has 0 atom stereocenters. The van der Waals surface area contributed by atoms with Crippen LogP contribution in [-0.4, -0.2) is 27.5 Å². The van der Waals surface area contributed by atoms with Gasteiger partial charge in [-0.25, -0.2) is 4.79 Å². The Hall–Kier alpha value is -2.17. The van der Waals surface area contributed by atoms with E-state index in [4.69, 9.17) is 9.16 Å². The Morgan fingerprint density at radius 2 is 1.34 bits per heavy atom. The van der Waals surface area contributed by atoms with Crippen LogP contribution in [0.2, 0.25) is 5.04 Å². The van der Waals surface area contributed by atoms with Crippen LogP contribution in [0.4, 0.5) is 0 Å². The fraction of sp³-hybridized carbons (Fsp3) is 0.400. The average Bonchev–Trinajstić information content (AvgIpc) is 2.70. The second kappa shape index (κ2) is 10.6. The molecule has 0 saturated carbocycles. The molecule has 2 rings (SSSR count). The topological polar surface area (TPSA) is 35.5 Å². The standard InChI is InChI=1S/C25H34O3Si/c1-21(2)24(26)27-19-13-8-14-20-28-29(25(3,4)5,22-15-9-6-10-16-22)23-17-11-7-12-18-23/h6-7,9-12,15-18H,1,8,13-14,19-20H2,2-5H3. The number of esters is 1. The Bertz CT molecular complexity index is 739. The SMILES string of the molecule is C=C(C)C(=O)OCCCCCO[Si](c1ccccc1)(c1ccccc1)C(C)(C)C. The molecule has 0 radical (unpaired) electrons. The number of ether oxygens (including phenoxy) is 1. The highest BCUT2D eigenvalue weighted by atomic mass is 28.4. The highest BCUT2D eigenvalue weighted by molar-refractivity contribution is 6.99. The Morgan fingerprint density at radius 1 is 0.862 bits per heavy atom. The molecular weight excluding hydrogens is 376 g/mol. The van der Waals surface area contributed by atoms with Gasteiger partial charge in [0.05, 0.1) is 6.61 Å². The van der Waals surface area contributed by atoms with Crippen LogP contribution in [-0.2, 0) is 14.0 Å². The third-order valence-electron chi connectivity index (χ3n) is 5.11. The molecular formula is C25H34O3Si. The summed E-state index contributed by atoms with van der Waals surface area (Å²) in [6.07, 6.45) is 2.74. The monoisotopic (exact) mass is 410 g/mol. The highest BCUT2D eigenvalue weighted by Crippen LogP contribution is 2.36. The van der Waals surface area contributed by atoms with E-state index in [1.807, 2.05) is 0 Å². The summed E-state index contributed by atoms with van der Waals surface area (Å²) in [6.45, 7) is 13.3. The fourth-order valence-electron chi connectivity index (χ4n) is 3.66. The quantitative estimate of drug-likeness (QED) is 0.243. The van der Waals surface area contributed by atoms with Crippen LogP contribution in [0.25, 0.3) is 0 Å². The number of carbonyl (C=O) groups is 1. The molecule has 0 aliphatic rings. The lowest BCUT2D eigenvalue weighted by Gasteiger charge is -2.43. The van der Waals surface area contributed by atoms with E-state index in [1.165, 1.54) is 10.4 Å². The van der Waals surface area contributed by atoms with E-state index in [9.17, 15) is 4.79 Å². The second-order valence-corrected chi connectivity index (χ2v) is 12.8. The summed E-state index contributed by atoms with van der Waals surface area (Å²) in [6, 6.07) is 21.4. The molecule has 0 spiro atoms. The molecule has 0 aromatic heterocycles. The van der Waals surface area contributed by atoms with Crippen molar-refractivity contribution < 1.29 is 14.0 Å². The summed E-state index contributed by atoms with van der Waals surface area (Å²) in [5, 5.41) is 2.59. The normalized spacial score (nSPS) is 11.9. The van der Waals surface area contributed by atoms with Crippen LogP contribution in [0.15, 0.2) is 72.8 Å². The Labute approximate surface area is 176 Å². The molecule has 0 aliphatic carbocycles. The van der Waals surface area contributed by atoms with Crippen molar-refractivity contribution in [1.29, 1.82) is 0 Å². The van der Waals surface area contributed by atoms with E-state index < -0.39 is 8.32 Å². The van der Waals surface area contributed by atoms with Gasteiger partial charge in [-0.1, -0.05) is 88.0 Å². The van der Waals surface area contributed by atoms with E-state index in [0.717, 1.165) is 19.3 Å². The molecule has 2 aromatic rings. The van der Waals surface area contributed by atoms with Crippen molar-refractivity contribution in [2.45, 2.75) is 52.0 Å². The molecule has 156 valence electrons. The first kappa shape index (κ1) is 23.1. The number of rotatable bonds is 10. The Kier molecular flexibility index (Phi) is 8.41. The maximum atomic E-state index is 11.4. The number of hydrogen-bond acceptors (Lipinski definition) is 3. The molecule has 0 bridgehead atoms. The lowest BCUT2D eigenvalue weighted by atomic mass is 10.2. The maximum Gasteiger partial charge on any atom is 0.333 e.